The van der Waals surface area contributed by atoms with Gasteiger partial charge in [-0.15, -0.1) is 0 Å². The number of hydrogen-bond acceptors (Lipinski definition) is 2. The van der Waals surface area contributed by atoms with E-state index >= 15 is 0 Å². The van der Waals surface area contributed by atoms with Gasteiger partial charge in [-0.1, -0.05) is 11.6 Å². The van der Waals surface area contributed by atoms with E-state index in [-0.39, 0.29) is 10.6 Å². The van der Waals surface area contributed by atoms with Crippen LogP contribution >= 0.6 is 11.6 Å². The molecule has 0 heterocycles. The summed E-state index contributed by atoms with van der Waals surface area (Å²) >= 11 is 5.64. The summed E-state index contributed by atoms with van der Waals surface area (Å²) in [4.78, 5) is 22.5. The minimum atomic E-state index is -1.20. The molecular weight excluding hydrogens is 280 g/mol. The van der Waals surface area contributed by atoms with Crippen molar-refractivity contribution in [2.45, 2.75) is 19.9 Å². The lowest BCUT2D eigenvalue weighted by atomic mass is 10.0. The summed E-state index contributed by atoms with van der Waals surface area (Å²) in [5.74, 6) is -5.02. The van der Waals surface area contributed by atoms with Crippen molar-refractivity contribution in [1.82, 2.24) is 5.32 Å². The molecule has 4 nitrogen and oxygen atoms in total. The number of halogens is 3. The predicted octanol–water partition coefficient (Wildman–Crippen LogP) is 2.46. The fourth-order valence-corrected chi connectivity index (χ4v) is 1.56. The van der Waals surface area contributed by atoms with Crippen molar-refractivity contribution in [2.24, 2.45) is 5.92 Å². The van der Waals surface area contributed by atoms with Gasteiger partial charge in [0.25, 0.3) is 5.91 Å². The molecule has 0 radical (unpaired) electrons. The van der Waals surface area contributed by atoms with Crippen molar-refractivity contribution in [3.63, 3.8) is 0 Å². The van der Waals surface area contributed by atoms with Gasteiger partial charge in [-0.2, -0.15) is 0 Å². The Kier molecular flexibility index (Phi) is 4.83. The molecule has 7 heteroatoms. The first-order chi connectivity index (χ1) is 8.73. The summed E-state index contributed by atoms with van der Waals surface area (Å²) in [6.45, 7) is 2.91. The van der Waals surface area contributed by atoms with Crippen molar-refractivity contribution in [1.29, 1.82) is 0 Å². The van der Waals surface area contributed by atoms with Crippen molar-refractivity contribution in [3.8, 4) is 0 Å². The minimum absolute atomic E-state index is 0.244. The van der Waals surface area contributed by atoms with E-state index in [2.05, 4.69) is 5.32 Å². The van der Waals surface area contributed by atoms with Crippen LogP contribution < -0.4 is 5.32 Å². The highest BCUT2D eigenvalue weighted by atomic mass is 35.5. The van der Waals surface area contributed by atoms with Gasteiger partial charge < -0.3 is 10.4 Å². The zero-order valence-electron chi connectivity index (χ0n) is 10.2. The third-order valence-electron chi connectivity index (χ3n) is 2.75. The van der Waals surface area contributed by atoms with Crippen LogP contribution in [0.15, 0.2) is 12.1 Å². The van der Waals surface area contributed by atoms with Crippen LogP contribution in [-0.2, 0) is 4.79 Å². The molecular formula is C12H12ClF2NO3. The first-order valence-corrected chi connectivity index (χ1v) is 5.80. The molecule has 0 fully saturated rings. The molecule has 0 spiro atoms. The zero-order chi connectivity index (χ0) is 14.7. The second kappa shape index (κ2) is 5.97. The van der Waals surface area contributed by atoms with Gasteiger partial charge in [-0.05, 0) is 26.0 Å². The highest BCUT2D eigenvalue weighted by molar-refractivity contribution is 6.33. The molecule has 104 valence electrons. The minimum Gasteiger partial charge on any atom is -0.481 e. The normalized spacial score (nSPS) is 13.7. The number of nitrogens with one attached hydrogen (secondary N) is 1. The van der Waals surface area contributed by atoms with E-state index in [4.69, 9.17) is 16.7 Å². The topological polar surface area (TPSA) is 66.4 Å². The van der Waals surface area contributed by atoms with Gasteiger partial charge in [-0.3, -0.25) is 9.59 Å². The molecule has 2 unspecified atom stereocenters. The van der Waals surface area contributed by atoms with Crippen LogP contribution in [0.25, 0.3) is 0 Å². The van der Waals surface area contributed by atoms with Gasteiger partial charge in [0, 0.05) is 6.04 Å². The number of hydrogen-bond donors (Lipinski definition) is 2. The maximum absolute atomic E-state index is 13.0. The fourth-order valence-electron chi connectivity index (χ4n) is 1.32. The lowest BCUT2D eigenvalue weighted by Gasteiger charge is -2.18. The largest absolute Gasteiger partial charge is 0.481 e. The number of carbonyl (C=O) groups is 2. The Hall–Kier alpha value is -1.69. The van der Waals surface area contributed by atoms with Crippen LogP contribution in [0.3, 0.4) is 0 Å². The SMILES string of the molecule is CC(NC(=O)c1cc(F)c(F)cc1Cl)C(C)C(=O)O. The van der Waals surface area contributed by atoms with E-state index in [1.54, 1.807) is 0 Å². The Morgan fingerprint density at radius 2 is 1.79 bits per heavy atom. The van der Waals surface area contributed by atoms with Crippen LogP contribution in [0.1, 0.15) is 24.2 Å². The molecule has 2 N–H and O–H groups in total. The molecule has 0 saturated carbocycles. The summed E-state index contributed by atoms with van der Waals surface area (Å²) in [5, 5.41) is 10.9. The second-order valence-electron chi connectivity index (χ2n) is 4.14. The van der Waals surface area contributed by atoms with Gasteiger partial charge in [0.1, 0.15) is 0 Å². The number of amides is 1. The third-order valence-corrected chi connectivity index (χ3v) is 3.07. The molecule has 0 aromatic heterocycles. The smallest absolute Gasteiger partial charge is 0.308 e. The van der Waals surface area contributed by atoms with Crippen LogP contribution in [0.2, 0.25) is 5.02 Å². The molecule has 0 bridgehead atoms. The number of benzene rings is 1. The molecule has 1 aromatic carbocycles. The lowest BCUT2D eigenvalue weighted by Crippen LogP contribution is -2.40. The van der Waals surface area contributed by atoms with Crippen molar-refractivity contribution >= 4 is 23.5 Å². The molecule has 2 atom stereocenters. The van der Waals surface area contributed by atoms with Crippen molar-refractivity contribution < 1.29 is 23.5 Å². The molecule has 0 aliphatic carbocycles. The first-order valence-electron chi connectivity index (χ1n) is 5.42. The van der Waals surface area contributed by atoms with E-state index < -0.39 is 35.5 Å². The quantitative estimate of drug-likeness (QED) is 0.838. The van der Waals surface area contributed by atoms with E-state index in [1.807, 2.05) is 0 Å². The molecule has 1 aromatic rings. The molecule has 0 aliphatic rings. The van der Waals surface area contributed by atoms with Gasteiger partial charge >= 0.3 is 5.97 Å². The summed E-state index contributed by atoms with van der Waals surface area (Å²) in [7, 11) is 0. The van der Waals surface area contributed by atoms with Crippen LogP contribution in [0.5, 0.6) is 0 Å². The second-order valence-corrected chi connectivity index (χ2v) is 4.54. The Balaban J connectivity index is 2.90. The van der Waals surface area contributed by atoms with E-state index in [1.165, 1.54) is 13.8 Å². The number of carbonyl (C=O) groups excluding carboxylic acids is 1. The van der Waals surface area contributed by atoms with Crippen LogP contribution in [0.4, 0.5) is 8.78 Å². The molecule has 0 aliphatic heterocycles. The Labute approximate surface area is 113 Å². The van der Waals surface area contributed by atoms with Crippen LogP contribution in [0, 0.1) is 17.6 Å². The van der Waals surface area contributed by atoms with Gasteiger partial charge in [0.05, 0.1) is 16.5 Å². The van der Waals surface area contributed by atoms with E-state index in [0.717, 1.165) is 0 Å². The highest BCUT2D eigenvalue weighted by Crippen LogP contribution is 2.20. The summed E-state index contributed by atoms with van der Waals surface area (Å²) in [6, 6.07) is 0.677. The number of rotatable bonds is 4. The van der Waals surface area contributed by atoms with Crippen molar-refractivity contribution in [3.05, 3.63) is 34.4 Å². The number of carboxylic acids is 1. The monoisotopic (exact) mass is 291 g/mol. The first kappa shape index (κ1) is 15.4. The predicted molar refractivity (Wildman–Crippen MR) is 65.1 cm³/mol. The maximum atomic E-state index is 13.0. The number of carboxylic acid groups (broad SMARTS) is 1. The molecule has 0 saturated heterocycles. The van der Waals surface area contributed by atoms with Gasteiger partial charge in [0.15, 0.2) is 11.6 Å². The summed E-state index contributed by atoms with van der Waals surface area (Å²) in [5.41, 5.74) is -0.245. The van der Waals surface area contributed by atoms with Crippen molar-refractivity contribution in [2.75, 3.05) is 0 Å². The average Bonchev–Trinajstić information content (AvgIpc) is 2.32. The third kappa shape index (κ3) is 3.64. The fraction of sp³-hybridized carbons (Fsp3) is 0.333. The van der Waals surface area contributed by atoms with Gasteiger partial charge in [0.2, 0.25) is 0 Å². The lowest BCUT2D eigenvalue weighted by molar-refractivity contribution is -0.141. The van der Waals surface area contributed by atoms with Crippen LogP contribution in [-0.4, -0.2) is 23.0 Å². The standard InChI is InChI=1S/C12H12ClF2NO3/c1-5(12(18)19)6(2)16-11(17)7-3-9(14)10(15)4-8(7)13/h3-6H,1-2H3,(H,16,17)(H,18,19). The molecule has 1 rings (SSSR count). The van der Waals surface area contributed by atoms with Gasteiger partial charge in [-0.25, -0.2) is 8.78 Å². The number of aliphatic carboxylic acids is 1. The molecule has 1 amide bonds. The average molecular weight is 292 g/mol. The summed E-state index contributed by atoms with van der Waals surface area (Å²) < 4.78 is 25.9. The van der Waals surface area contributed by atoms with E-state index in [9.17, 15) is 18.4 Å². The summed E-state index contributed by atoms with van der Waals surface area (Å²) in [6.07, 6.45) is 0. The Bertz CT molecular complexity index is 522. The molecule has 19 heavy (non-hydrogen) atoms. The Morgan fingerprint density at radius 1 is 1.26 bits per heavy atom. The Morgan fingerprint density at radius 3 is 2.32 bits per heavy atom. The highest BCUT2D eigenvalue weighted by Gasteiger charge is 2.23. The maximum Gasteiger partial charge on any atom is 0.308 e. The van der Waals surface area contributed by atoms with E-state index in [0.29, 0.717) is 12.1 Å². The zero-order valence-corrected chi connectivity index (χ0v) is 11.0.